The van der Waals surface area contributed by atoms with Gasteiger partial charge in [0, 0.05) is 0 Å². The molecule has 0 aliphatic rings. The fraction of sp³-hybridized carbons (Fsp3) is 0.182. The number of nitriles is 2. The molecule has 0 aliphatic carbocycles. The summed E-state index contributed by atoms with van der Waals surface area (Å²) >= 11 is 0. The number of carbonyl (C=O) groups is 1. The quantitative estimate of drug-likeness (QED) is 0.819. The Morgan fingerprint density at radius 3 is 2.00 bits per heavy atom. The molecular weight excluding hydrogens is 244 g/mol. The van der Waals surface area contributed by atoms with Gasteiger partial charge in [0.15, 0.2) is 0 Å². The summed E-state index contributed by atoms with van der Waals surface area (Å²) in [6.07, 6.45) is 0. The van der Waals surface area contributed by atoms with Gasteiger partial charge in [-0.25, -0.2) is 13.6 Å². The maximum Gasteiger partial charge on any atom is 0.335 e. The Morgan fingerprint density at radius 2 is 1.67 bits per heavy atom. The van der Waals surface area contributed by atoms with Gasteiger partial charge in [0.05, 0.1) is 17.7 Å². The smallest absolute Gasteiger partial charge is 0.335 e. The summed E-state index contributed by atoms with van der Waals surface area (Å²) in [5, 5.41) is 25.6. The van der Waals surface area contributed by atoms with Gasteiger partial charge in [-0.05, 0) is 12.1 Å². The molecule has 5 nitrogen and oxygen atoms in total. The van der Waals surface area contributed by atoms with E-state index in [0.29, 0.717) is 12.1 Å². The summed E-state index contributed by atoms with van der Waals surface area (Å²) in [5.41, 5.74) is -1.12. The summed E-state index contributed by atoms with van der Waals surface area (Å²) in [6, 6.07) is 4.62. The first-order valence-corrected chi connectivity index (χ1v) is 4.72. The third kappa shape index (κ3) is 2.71. The van der Waals surface area contributed by atoms with E-state index in [-0.39, 0.29) is 13.1 Å². The number of hydrogen-bond acceptors (Lipinski definition) is 4. The van der Waals surface area contributed by atoms with Gasteiger partial charge in [0.2, 0.25) is 0 Å². The number of carboxylic acids is 1. The number of nitrogens with zero attached hydrogens (tertiary/aromatic N) is 3. The van der Waals surface area contributed by atoms with E-state index in [1.807, 2.05) is 0 Å². The molecule has 1 aromatic rings. The summed E-state index contributed by atoms with van der Waals surface area (Å²) in [6.45, 7) is -0.762. The second-order valence-corrected chi connectivity index (χ2v) is 3.27. The molecule has 0 heterocycles. The first kappa shape index (κ1) is 13.4. The third-order valence-electron chi connectivity index (χ3n) is 2.10. The molecule has 0 atom stereocenters. The predicted octanol–water partition coefficient (Wildman–Crippen LogP) is 1.52. The second-order valence-electron chi connectivity index (χ2n) is 3.27. The van der Waals surface area contributed by atoms with Crippen LogP contribution in [0.1, 0.15) is 10.4 Å². The highest BCUT2D eigenvalue weighted by Crippen LogP contribution is 2.24. The first-order chi connectivity index (χ1) is 8.51. The van der Waals surface area contributed by atoms with E-state index in [4.69, 9.17) is 15.6 Å². The molecule has 1 aromatic carbocycles. The number of halogens is 2. The highest BCUT2D eigenvalue weighted by Gasteiger charge is 2.19. The molecular formula is C11H7F2N3O2. The zero-order valence-electron chi connectivity index (χ0n) is 9.02. The van der Waals surface area contributed by atoms with E-state index in [2.05, 4.69) is 0 Å². The minimum absolute atomic E-state index is 0.381. The molecule has 0 aliphatic heterocycles. The lowest BCUT2D eigenvalue weighted by atomic mass is 10.1. The zero-order chi connectivity index (χ0) is 13.7. The van der Waals surface area contributed by atoms with Crippen molar-refractivity contribution >= 4 is 11.7 Å². The number of carboxylic acid groups (broad SMARTS) is 1. The molecule has 0 saturated carbocycles. The first-order valence-electron chi connectivity index (χ1n) is 4.72. The molecule has 0 radical (unpaired) electrons. The van der Waals surface area contributed by atoms with Crippen LogP contribution in [0.2, 0.25) is 0 Å². The van der Waals surface area contributed by atoms with E-state index in [0.717, 1.165) is 4.90 Å². The van der Waals surface area contributed by atoms with Crippen LogP contribution >= 0.6 is 0 Å². The lowest BCUT2D eigenvalue weighted by Gasteiger charge is -2.19. The van der Waals surface area contributed by atoms with Gasteiger partial charge in [-0.2, -0.15) is 10.5 Å². The van der Waals surface area contributed by atoms with Crippen molar-refractivity contribution in [3.8, 4) is 12.1 Å². The number of hydrogen-bond donors (Lipinski definition) is 1. The Morgan fingerprint density at radius 1 is 1.22 bits per heavy atom. The van der Waals surface area contributed by atoms with Crippen molar-refractivity contribution in [3.05, 3.63) is 29.3 Å². The fourth-order valence-electron chi connectivity index (χ4n) is 1.38. The summed E-state index contributed by atoms with van der Waals surface area (Å²) in [5.74, 6) is -3.72. The number of rotatable bonds is 4. The van der Waals surface area contributed by atoms with Crippen molar-refractivity contribution in [3.63, 3.8) is 0 Å². The maximum absolute atomic E-state index is 13.6. The number of benzene rings is 1. The van der Waals surface area contributed by atoms with Crippen LogP contribution in [0, 0.1) is 34.3 Å². The van der Waals surface area contributed by atoms with Gasteiger partial charge < -0.3 is 10.0 Å². The number of aromatic carboxylic acids is 1. The van der Waals surface area contributed by atoms with Gasteiger partial charge >= 0.3 is 5.97 Å². The minimum atomic E-state index is -1.47. The third-order valence-corrected chi connectivity index (χ3v) is 2.10. The van der Waals surface area contributed by atoms with E-state index in [9.17, 15) is 13.6 Å². The minimum Gasteiger partial charge on any atom is -0.478 e. The molecule has 0 saturated heterocycles. The summed E-state index contributed by atoms with van der Waals surface area (Å²) < 4.78 is 27.2. The van der Waals surface area contributed by atoms with Gasteiger partial charge in [0.25, 0.3) is 0 Å². The fourth-order valence-corrected chi connectivity index (χ4v) is 1.38. The van der Waals surface area contributed by atoms with Crippen LogP contribution in [0.25, 0.3) is 0 Å². The van der Waals surface area contributed by atoms with Gasteiger partial charge in [0.1, 0.15) is 30.4 Å². The monoisotopic (exact) mass is 251 g/mol. The van der Waals surface area contributed by atoms with Crippen LogP contribution in [0.3, 0.4) is 0 Å². The SMILES string of the molecule is N#CCN(CC#N)c1c(F)cc(C(=O)O)cc1F. The topological polar surface area (TPSA) is 88.1 Å². The predicted molar refractivity (Wildman–Crippen MR) is 56.8 cm³/mol. The average molecular weight is 251 g/mol. The summed E-state index contributed by atoms with van der Waals surface area (Å²) in [7, 11) is 0. The molecule has 92 valence electrons. The Kier molecular flexibility index (Phi) is 4.16. The summed E-state index contributed by atoms with van der Waals surface area (Å²) in [4.78, 5) is 11.5. The molecule has 18 heavy (non-hydrogen) atoms. The molecule has 1 N–H and O–H groups in total. The lowest BCUT2D eigenvalue weighted by molar-refractivity contribution is 0.0695. The van der Waals surface area contributed by atoms with Crippen LogP contribution in [-0.2, 0) is 0 Å². The van der Waals surface area contributed by atoms with Gasteiger partial charge in [-0.3, -0.25) is 0 Å². The maximum atomic E-state index is 13.6. The lowest BCUT2D eigenvalue weighted by Crippen LogP contribution is -2.26. The molecule has 1 rings (SSSR count). The van der Waals surface area contributed by atoms with Crippen molar-refractivity contribution in [2.75, 3.05) is 18.0 Å². The Bertz CT molecular complexity index is 521. The normalized spacial score (nSPS) is 9.33. The highest BCUT2D eigenvalue weighted by molar-refractivity contribution is 5.88. The van der Waals surface area contributed by atoms with Gasteiger partial charge in [-0.1, -0.05) is 0 Å². The van der Waals surface area contributed by atoms with E-state index < -0.39 is 28.9 Å². The highest BCUT2D eigenvalue weighted by atomic mass is 19.1. The van der Waals surface area contributed by atoms with Crippen LogP contribution in [0.5, 0.6) is 0 Å². The van der Waals surface area contributed by atoms with Crippen molar-refractivity contribution in [2.24, 2.45) is 0 Å². The van der Waals surface area contributed by atoms with Crippen molar-refractivity contribution in [1.82, 2.24) is 0 Å². The average Bonchev–Trinajstić information content (AvgIpc) is 2.28. The molecule has 0 fully saturated rings. The van der Waals surface area contributed by atoms with Crippen molar-refractivity contribution < 1.29 is 18.7 Å². The molecule has 0 bridgehead atoms. The molecule has 7 heteroatoms. The van der Waals surface area contributed by atoms with E-state index in [1.54, 1.807) is 12.1 Å². The van der Waals surface area contributed by atoms with E-state index in [1.165, 1.54) is 0 Å². The largest absolute Gasteiger partial charge is 0.478 e. The van der Waals surface area contributed by atoms with Crippen LogP contribution < -0.4 is 4.90 Å². The zero-order valence-corrected chi connectivity index (χ0v) is 9.02. The van der Waals surface area contributed by atoms with Crippen LogP contribution in [0.4, 0.5) is 14.5 Å². The Balaban J connectivity index is 3.28. The molecule has 0 amide bonds. The standard InChI is InChI=1S/C11H7F2N3O2/c12-8-5-7(11(17)18)6-9(13)10(8)16(3-1-14)4-2-15/h5-6H,3-4H2,(H,17,18). The molecule has 0 aromatic heterocycles. The van der Waals surface area contributed by atoms with E-state index >= 15 is 0 Å². The second kappa shape index (κ2) is 5.60. The van der Waals surface area contributed by atoms with Crippen molar-refractivity contribution in [2.45, 2.75) is 0 Å². The Labute approximate surface area is 101 Å². The molecule has 0 unspecified atom stereocenters. The number of anilines is 1. The van der Waals surface area contributed by atoms with Crippen molar-refractivity contribution in [1.29, 1.82) is 10.5 Å². The van der Waals surface area contributed by atoms with Crippen LogP contribution in [-0.4, -0.2) is 24.2 Å². The van der Waals surface area contributed by atoms with Gasteiger partial charge in [-0.15, -0.1) is 0 Å². The Hall–Kier alpha value is -2.67. The van der Waals surface area contributed by atoms with Crippen LogP contribution in [0.15, 0.2) is 12.1 Å². The molecule has 0 spiro atoms.